The second-order valence-corrected chi connectivity index (χ2v) is 24.4. The Labute approximate surface area is 512 Å². The van der Waals surface area contributed by atoms with Crippen molar-refractivity contribution in [3.05, 3.63) is 127 Å². The number of Topliss-reactive ketones (excluding diaryl/α,β-unsaturated/α-hetero) is 2. The number of anilines is 2. The minimum atomic E-state index is -0.571. The molecule has 2 aliphatic heterocycles. The lowest BCUT2D eigenvalue weighted by atomic mass is 10.0. The van der Waals surface area contributed by atoms with Gasteiger partial charge in [0.2, 0.25) is 0 Å². The molecule has 2 aliphatic rings. The Morgan fingerprint density at radius 3 is 1.49 bits per heavy atom. The number of amides is 2. The lowest BCUT2D eigenvalue weighted by Gasteiger charge is -2.38. The van der Waals surface area contributed by atoms with Crippen LogP contribution in [0.2, 0.25) is 0 Å². The molecule has 0 bridgehead atoms. The standard InChI is InChI=1S/2C30H32FIN6O4/c1-30(2,3)42-29(40)38-13-11-37(12-14-38)27-18(15-21(32)26-19(27)17-36(4)35-26)16-23(39)22-9-10-33-28(34-22)25-20(31)7-6-8-24(25)41-5;1-30(2,3)42-29(40)38-13-11-37(12-14-38)26-18(15-21(32)27-19(26)17-34-36(27)4)16-23(39)22-9-10-33-28(35-22)25-20(31)7-6-8-24(25)41-5/h2*6-10,15,17H,11-14,16H2,1-5H3. The van der Waals surface area contributed by atoms with Gasteiger partial charge in [-0.1, -0.05) is 12.1 Å². The zero-order valence-electron chi connectivity index (χ0n) is 48.3. The van der Waals surface area contributed by atoms with Crippen LogP contribution in [0, 0.1) is 18.8 Å². The molecule has 2 saturated heterocycles. The number of ether oxygens (including phenoxy) is 4. The van der Waals surface area contributed by atoms with Crippen molar-refractivity contribution >= 4 is 102 Å². The van der Waals surface area contributed by atoms with Gasteiger partial charge in [0.25, 0.3) is 0 Å². The fraction of sp³-hybridized carbons (Fsp3) is 0.367. The predicted octanol–water partition coefficient (Wildman–Crippen LogP) is 10.5. The van der Waals surface area contributed by atoms with Crippen LogP contribution in [0.1, 0.15) is 73.6 Å². The molecule has 0 radical (unpaired) electrons. The number of carbonyl (C=O) groups excluding carboxylic acids is 4. The second-order valence-electron chi connectivity index (χ2n) is 22.1. The van der Waals surface area contributed by atoms with E-state index >= 15 is 0 Å². The minimum Gasteiger partial charge on any atom is -0.496 e. The van der Waals surface area contributed by atoms with Crippen LogP contribution in [0.15, 0.2) is 85.5 Å². The Morgan fingerprint density at radius 1 is 0.607 bits per heavy atom. The van der Waals surface area contributed by atoms with E-state index in [4.69, 9.17) is 18.9 Å². The summed E-state index contributed by atoms with van der Waals surface area (Å²) >= 11 is 4.50. The Balaban J connectivity index is 0.000000202. The highest BCUT2D eigenvalue weighted by atomic mass is 127. The number of benzene rings is 4. The fourth-order valence-electron chi connectivity index (χ4n) is 10.1. The van der Waals surface area contributed by atoms with Crippen molar-refractivity contribution < 1.29 is 46.9 Å². The Kier molecular flexibility index (Phi) is 18.4. The highest BCUT2D eigenvalue weighted by molar-refractivity contribution is 14.1. The second kappa shape index (κ2) is 25.3. The zero-order valence-corrected chi connectivity index (χ0v) is 52.6. The maximum atomic E-state index is 14.7. The summed E-state index contributed by atoms with van der Waals surface area (Å²) in [6.07, 6.45) is 6.12. The van der Waals surface area contributed by atoms with Crippen molar-refractivity contribution in [1.82, 2.24) is 49.3 Å². The molecule has 84 heavy (non-hydrogen) atoms. The number of hydrogen-bond donors (Lipinski definition) is 0. The van der Waals surface area contributed by atoms with E-state index in [1.54, 1.807) is 26.6 Å². The van der Waals surface area contributed by atoms with Crippen LogP contribution >= 0.6 is 45.2 Å². The third-order valence-electron chi connectivity index (χ3n) is 13.9. The third-order valence-corrected chi connectivity index (χ3v) is 15.5. The number of aromatic nitrogens is 8. The van der Waals surface area contributed by atoms with Crippen LogP contribution in [-0.2, 0) is 36.4 Å². The molecule has 0 unspecified atom stereocenters. The van der Waals surface area contributed by atoms with E-state index in [-0.39, 0.29) is 82.3 Å². The van der Waals surface area contributed by atoms with Crippen LogP contribution < -0.4 is 19.3 Å². The summed E-state index contributed by atoms with van der Waals surface area (Å²) in [4.78, 5) is 77.8. The number of halogens is 4. The number of fused-ring (bicyclic) bond motifs is 2. The predicted molar refractivity (Wildman–Crippen MR) is 331 cm³/mol. The monoisotopic (exact) mass is 1370 g/mol. The Hall–Kier alpha value is -7.62. The minimum absolute atomic E-state index is 0.0628. The first-order valence-corrected chi connectivity index (χ1v) is 29.2. The molecule has 440 valence electrons. The first-order chi connectivity index (χ1) is 39.9. The highest BCUT2D eigenvalue weighted by Gasteiger charge is 2.32. The van der Waals surface area contributed by atoms with Crippen LogP contribution in [0.5, 0.6) is 11.5 Å². The molecule has 0 atom stereocenters. The molecule has 2 amide bonds. The molecule has 4 aromatic heterocycles. The number of piperazine rings is 2. The number of aryl methyl sites for hydroxylation is 2. The van der Waals surface area contributed by atoms with E-state index in [9.17, 15) is 28.0 Å². The van der Waals surface area contributed by atoms with E-state index in [1.165, 1.54) is 63.0 Å². The van der Waals surface area contributed by atoms with Gasteiger partial charge in [-0.3, -0.25) is 19.0 Å². The van der Waals surface area contributed by atoms with Crippen molar-refractivity contribution in [1.29, 1.82) is 0 Å². The molecule has 10 rings (SSSR count). The van der Waals surface area contributed by atoms with Crippen molar-refractivity contribution in [2.75, 3.05) is 76.4 Å². The van der Waals surface area contributed by atoms with Gasteiger partial charge in [0.05, 0.1) is 48.4 Å². The fourth-order valence-corrected chi connectivity index (χ4v) is 11.9. The molecule has 0 N–H and O–H groups in total. The van der Waals surface area contributed by atoms with Gasteiger partial charge in [-0.25, -0.2) is 38.3 Å². The first-order valence-electron chi connectivity index (χ1n) is 27.0. The molecule has 0 spiro atoms. The molecule has 6 heterocycles. The van der Waals surface area contributed by atoms with Gasteiger partial charge >= 0.3 is 12.2 Å². The van der Waals surface area contributed by atoms with Crippen molar-refractivity contribution in [2.45, 2.75) is 65.6 Å². The number of hydrogen-bond acceptors (Lipinski definition) is 16. The highest BCUT2D eigenvalue weighted by Crippen LogP contribution is 2.38. The summed E-state index contributed by atoms with van der Waals surface area (Å²) < 4.78 is 56.7. The van der Waals surface area contributed by atoms with Gasteiger partial charge in [0.1, 0.15) is 51.2 Å². The van der Waals surface area contributed by atoms with E-state index < -0.39 is 22.8 Å². The zero-order chi connectivity index (χ0) is 60.4. The molecule has 2 fully saturated rings. The van der Waals surface area contributed by atoms with Gasteiger partial charge in [-0.2, -0.15) is 10.2 Å². The van der Waals surface area contributed by atoms with Crippen LogP contribution in [-0.4, -0.2) is 151 Å². The largest absolute Gasteiger partial charge is 0.496 e. The smallest absolute Gasteiger partial charge is 0.410 e. The number of nitrogens with zero attached hydrogens (tertiary/aromatic N) is 12. The molecule has 0 aliphatic carbocycles. The van der Waals surface area contributed by atoms with Crippen molar-refractivity contribution in [3.63, 3.8) is 0 Å². The molecule has 8 aromatic rings. The summed E-state index contributed by atoms with van der Waals surface area (Å²) in [6, 6.07) is 16.0. The summed E-state index contributed by atoms with van der Waals surface area (Å²) in [5.74, 6) is -0.832. The summed E-state index contributed by atoms with van der Waals surface area (Å²) in [5.41, 5.74) is 4.66. The molecule has 24 heteroatoms. The van der Waals surface area contributed by atoms with E-state index in [0.717, 1.165) is 51.4 Å². The van der Waals surface area contributed by atoms with E-state index in [2.05, 4.69) is 85.1 Å². The molecule has 20 nitrogen and oxygen atoms in total. The van der Waals surface area contributed by atoms with Gasteiger partial charge in [-0.05, 0) is 146 Å². The lowest BCUT2D eigenvalue weighted by Crippen LogP contribution is -2.50. The van der Waals surface area contributed by atoms with Crippen LogP contribution in [0.3, 0.4) is 0 Å². The normalized spacial score (nSPS) is 13.9. The molecule has 4 aromatic carbocycles. The maximum Gasteiger partial charge on any atom is 0.410 e. The van der Waals surface area contributed by atoms with E-state index in [1.807, 2.05) is 84.8 Å². The SMILES string of the molecule is COc1cccc(F)c1-c1nccc(C(=O)Cc2cc(I)c3c(cnn3C)c2N2CCN(C(=O)OC(C)(C)C)CC2)n1.COc1cccc(F)c1-c1nccc(C(=O)Cc2cc(I)c3nn(C)cc3c2N2CCN(C(=O)OC(C)(C)C)CC2)n1. The van der Waals surface area contributed by atoms with Gasteiger partial charge in [0.15, 0.2) is 23.2 Å². The summed E-state index contributed by atoms with van der Waals surface area (Å²) in [6.45, 7) is 15.3. The third kappa shape index (κ3) is 13.6. The van der Waals surface area contributed by atoms with E-state index in [0.29, 0.717) is 52.4 Å². The molecular formula is C60H64F2I2N12O8. The summed E-state index contributed by atoms with van der Waals surface area (Å²) in [5, 5.41) is 11.0. The quantitative estimate of drug-likeness (QED) is 0.0824. The Morgan fingerprint density at radius 2 is 1.05 bits per heavy atom. The van der Waals surface area contributed by atoms with Gasteiger partial charge in [0, 0.05) is 116 Å². The van der Waals surface area contributed by atoms with Crippen molar-refractivity contribution in [2.24, 2.45) is 14.1 Å². The number of ketones is 2. The molecule has 0 saturated carbocycles. The average Bonchev–Trinajstić information content (AvgIpc) is 1.86. The topological polar surface area (TPSA) is 205 Å². The van der Waals surface area contributed by atoms with Gasteiger partial charge in [-0.15, -0.1) is 0 Å². The van der Waals surface area contributed by atoms with Gasteiger partial charge < -0.3 is 38.5 Å². The molecular weight excluding hydrogens is 1310 g/mol. The lowest BCUT2D eigenvalue weighted by molar-refractivity contribution is 0.0230. The number of carbonyl (C=O) groups is 4. The Bertz CT molecular complexity index is 3640. The average molecular weight is 1370 g/mol. The summed E-state index contributed by atoms with van der Waals surface area (Å²) in [7, 11) is 6.64. The number of methoxy groups -OCH3 is 2. The first kappa shape index (κ1) is 61.0. The maximum absolute atomic E-state index is 14.7. The number of rotatable bonds is 12. The van der Waals surface area contributed by atoms with Crippen LogP contribution in [0.25, 0.3) is 44.6 Å². The van der Waals surface area contributed by atoms with Crippen LogP contribution in [0.4, 0.5) is 29.7 Å². The van der Waals surface area contributed by atoms with Crippen molar-refractivity contribution in [3.8, 4) is 34.3 Å².